The maximum atomic E-state index is 12.9. The zero-order valence-corrected chi connectivity index (χ0v) is 15.3. The number of hydrogen-bond donors (Lipinski definition) is 0. The van der Waals surface area contributed by atoms with Crippen LogP contribution in [-0.2, 0) is 12.8 Å². The summed E-state index contributed by atoms with van der Waals surface area (Å²) in [7, 11) is 0. The van der Waals surface area contributed by atoms with E-state index in [0.717, 1.165) is 34.9 Å². The second-order valence-electron chi connectivity index (χ2n) is 6.10. The number of thiophene rings is 1. The number of nitrogens with zero attached hydrogens (tertiary/aromatic N) is 2. The predicted molar refractivity (Wildman–Crippen MR) is 100 cm³/mol. The summed E-state index contributed by atoms with van der Waals surface area (Å²) in [6, 6.07) is 5.76. The van der Waals surface area contributed by atoms with Gasteiger partial charge in [-0.3, -0.25) is 4.79 Å². The van der Waals surface area contributed by atoms with Crippen LogP contribution in [0.5, 0.6) is 0 Å². The van der Waals surface area contributed by atoms with E-state index in [4.69, 9.17) is 0 Å². The third kappa shape index (κ3) is 3.46. The Balaban J connectivity index is 1.38. The molecule has 0 N–H and O–H groups in total. The number of halogens is 1. The molecule has 1 aliphatic rings. The van der Waals surface area contributed by atoms with Crippen molar-refractivity contribution in [3.8, 4) is 0 Å². The SMILES string of the molecule is O=C(CCCSc1ncnc2sc3c(c12)CCC3)c1ccc(F)cc1. The fourth-order valence-electron chi connectivity index (χ4n) is 3.19. The van der Waals surface area contributed by atoms with Crippen LogP contribution in [0.2, 0.25) is 0 Å². The lowest BCUT2D eigenvalue weighted by molar-refractivity contribution is 0.0982. The number of thioether (sulfide) groups is 1. The number of carbonyl (C=O) groups is 1. The number of hydrogen-bond acceptors (Lipinski definition) is 5. The Morgan fingerprint density at radius 2 is 2.04 bits per heavy atom. The van der Waals surface area contributed by atoms with Crippen LogP contribution in [0.25, 0.3) is 10.2 Å². The molecule has 0 aliphatic heterocycles. The van der Waals surface area contributed by atoms with Crippen molar-refractivity contribution in [2.24, 2.45) is 0 Å². The van der Waals surface area contributed by atoms with Gasteiger partial charge < -0.3 is 0 Å². The van der Waals surface area contributed by atoms with Gasteiger partial charge in [0.05, 0.1) is 0 Å². The number of Topliss-reactive ketones (excluding diaryl/α,β-unsaturated/α-hetero) is 1. The first-order chi connectivity index (χ1) is 12.2. The summed E-state index contributed by atoms with van der Waals surface area (Å²) in [5.41, 5.74) is 2.01. The van der Waals surface area contributed by atoms with Crippen LogP contribution in [-0.4, -0.2) is 21.5 Å². The first kappa shape index (κ1) is 16.7. The number of aromatic nitrogens is 2. The molecule has 0 spiro atoms. The molecule has 0 saturated carbocycles. The summed E-state index contributed by atoms with van der Waals surface area (Å²) >= 11 is 3.50. The number of aryl methyl sites for hydroxylation is 2. The number of fused-ring (bicyclic) bond motifs is 3. The van der Waals surface area contributed by atoms with Crippen molar-refractivity contribution < 1.29 is 9.18 Å². The maximum Gasteiger partial charge on any atom is 0.162 e. The van der Waals surface area contributed by atoms with Crippen LogP contribution in [0.3, 0.4) is 0 Å². The van der Waals surface area contributed by atoms with Crippen molar-refractivity contribution in [3.05, 3.63) is 52.4 Å². The lowest BCUT2D eigenvalue weighted by Gasteiger charge is -2.04. The normalized spacial score (nSPS) is 13.3. The minimum absolute atomic E-state index is 0.0601. The fourth-order valence-corrected chi connectivity index (χ4v) is 5.45. The van der Waals surface area contributed by atoms with Crippen LogP contribution in [0.4, 0.5) is 4.39 Å². The molecule has 3 nitrogen and oxygen atoms in total. The Bertz CT molecular complexity index is 921. The molecule has 0 unspecified atom stereocenters. The highest BCUT2D eigenvalue weighted by Crippen LogP contribution is 2.40. The number of benzene rings is 1. The van der Waals surface area contributed by atoms with Gasteiger partial charge in [0.15, 0.2) is 5.78 Å². The Morgan fingerprint density at radius 1 is 1.20 bits per heavy atom. The van der Waals surface area contributed by atoms with Crippen molar-refractivity contribution in [2.45, 2.75) is 37.1 Å². The molecule has 25 heavy (non-hydrogen) atoms. The van der Waals surface area contributed by atoms with Crippen LogP contribution in [0, 0.1) is 5.82 Å². The summed E-state index contributed by atoms with van der Waals surface area (Å²) in [6.07, 6.45) is 6.39. The summed E-state index contributed by atoms with van der Waals surface area (Å²) in [4.78, 5) is 23.6. The standard InChI is InChI=1S/C19H17FN2OS2/c20-13-8-6-12(7-9-13)15(23)4-2-10-24-18-17-14-3-1-5-16(14)25-19(17)22-11-21-18/h6-9,11H,1-5,10H2. The van der Waals surface area contributed by atoms with Crippen molar-refractivity contribution in [1.29, 1.82) is 0 Å². The van der Waals surface area contributed by atoms with Gasteiger partial charge in [0, 0.05) is 22.2 Å². The Kier molecular flexibility index (Phi) is 4.81. The molecule has 6 heteroatoms. The molecule has 128 valence electrons. The lowest BCUT2D eigenvalue weighted by Crippen LogP contribution is -2.00. The summed E-state index contributed by atoms with van der Waals surface area (Å²) < 4.78 is 12.9. The molecule has 0 fully saturated rings. The van der Waals surface area contributed by atoms with Crippen molar-refractivity contribution >= 4 is 39.1 Å². The van der Waals surface area contributed by atoms with E-state index >= 15 is 0 Å². The van der Waals surface area contributed by atoms with Crippen LogP contribution < -0.4 is 0 Å². The highest BCUT2D eigenvalue weighted by molar-refractivity contribution is 7.99. The molecule has 2 aromatic heterocycles. The van der Waals surface area contributed by atoms with Crippen LogP contribution in [0.1, 0.15) is 40.1 Å². The molecular formula is C19H17FN2OS2. The molecule has 1 aliphatic carbocycles. The van der Waals surface area contributed by atoms with Gasteiger partial charge in [-0.1, -0.05) is 0 Å². The zero-order valence-electron chi connectivity index (χ0n) is 13.6. The summed E-state index contributed by atoms with van der Waals surface area (Å²) in [6.45, 7) is 0. The zero-order chi connectivity index (χ0) is 17.2. The molecule has 0 atom stereocenters. The van der Waals surface area contributed by atoms with E-state index in [0.29, 0.717) is 12.0 Å². The van der Waals surface area contributed by atoms with E-state index in [9.17, 15) is 9.18 Å². The average molecular weight is 372 g/mol. The first-order valence-corrected chi connectivity index (χ1v) is 10.2. The smallest absolute Gasteiger partial charge is 0.162 e. The average Bonchev–Trinajstić information content (AvgIpc) is 3.20. The second-order valence-corrected chi connectivity index (χ2v) is 8.27. The van der Waals surface area contributed by atoms with E-state index in [-0.39, 0.29) is 11.6 Å². The molecular weight excluding hydrogens is 355 g/mol. The minimum atomic E-state index is -0.317. The van der Waals surface area contributed by atoms with E-state index in [1.807, 2.05) is 0 Å². The minimum Gasteiger partial charge on any atom is -0.294 e. The Labute approximate surface area is 153 Å². The van der Waals surface area contributed by atoms with Crippen LogP contribution >= 0.6 is 23.1 Å². The molecule has 4 rings (SSSR count). The molecule has 1 aromatic carbocycles. The van der Waals surface area contributed by atoms with E-state index in [1.54, 1.807) is 41.6 Å². The van der Waals surface area contributed by atoms with Gasteiger partial charge in [-0.25, -0.2) is 14.4 Å². The second kappa shape index (κ2) is 7.22. The Hall–Kier alpha value is -1.79. The highest BCUT2D eigenvalue weighted by Gasteiger charge is 2.21. The quantitative estimate of drug-likeness (QED) is 0.262. The Morgan fingerprint density at radius 3 is 2.88 bits per heavy atom. The number of carbonyl (C=O) groups excluding carboxylic acids is 1. The number of ketones is 1. The third-order valence-corrected chi connectivity index (χ3v) is 6.70. The highest BCUT2D eigenvalue weighted by atomic mass is 32.2. The predicted octanol–water partition coefficient (Wildman–Crippen LogP) is 5.07. The van der Waals surface area contributed by atoms with Gasteiger partial charge in [-0.15, -0.1) is 23.1 Å². The van der Waals surface area contributed by atoms with Gasteiger partial charge in [0.1, 0.15) is 22.0 Å². The maximum absolute atomic E-state index is 12.9. The molecule has 3 aromatic rings. The molecule has 0 bridgehead atoms. The molecule has 0 saturated heterocycles. The fraction of sp³-hybridized carbons (Fsp3) is 0.316. The van der Waals surface area contributed by atoms with E-state index in [1.165, 1.54) is 34.4 Å². The van der Waals surface area contributed by atoms with E-state index in [2.05, 4.69) is 9.97 Å². The van der Waals surface area contributed by atoms with Gasteiger partial charge >= 0.3 is 0 Å². The van der Waals surface area contributed by atoms with E-state index < -0.39 is 0 Å². The van der Waals surface area contributed by atoms with Crippen LogP contribution in [0.15, 0.2) is 35.6 Å². The van der Waals surface area contributed by atoms with Gasteiger partial charge in [-0.2, -0.15) is 0 Å². The molecule has 0 radical (unpaired) electrons. The van der Waals surface area contributed by atoms with Gasteiger partial charge in [0.2, 0.25) is 0 Å². The third-order valence-electron chi connectivity index (χ3n) is 4.42. The number of rotatable bonds is 6. The van der Waals surface area contributed by atoms with Crippen molar-refractivity contribution in [2.75, 3.05) is 5.75 Å². The lowest BCUT2D eigenvalue weighted by atomic mass is 10.1. The topological polar surface area (TPSA) is 42.9 Å². The van der Waals surface area contributed by atoms with Crippen molar-refractivity contribution in [1.82, 2.24) is 9.97 Å². The summed E-state index contributed by atoms with van der Waals surface area (Å²) in [5, 5.41) is 2.27. The monoisotopic (exact) mass is 372 g/mol. The van der Waals surface area contributed by atoms with Gasteiger partial charge in [-0.05, 0) is 61.3 Å². The van der Waals surface area contributed by atoms with Crippen molar-refractivity contribution in [3.63, 3.8) is 0 Å². The molecule has 0 amide bonds. The largest absolute Gasteiger partial charge is 0.294 e. The molecule has 2 heterocycles. The van der Waals surface area contributed by atoms with Gasteiger partial charge in [0.25, 0.3) is 0 Å². The summed E-state index contributed by atoms with van der Waals surface area (Å²) in [5.74, 6) is 0.581. The first-order valence-electron chi connectivity index (χ1n) is 8.39.